The SMILES string of the molecule is Cc1cc(C(C)Nc2cccc(C(=O)O)c2N)c(C)o1. The van der Waals surface area contributed by atoms with E-state index < -0.39 is 5.97 Å². The van der Waals surface area contributed by atoms with Crippen molar-refractivity contribution < 1.29 is 14.3 Å². The number of nitrogens with one attached hydrogen (secondary N) is 1. The van der Waals surface area contributed by atoms with Gasteiger partial charge in [-0.25, -0.2) is 4.79 Å². The van der Waals surface area contributed by atoms with Gasteiger partial charge in [-0.3, -0.25) is 0 Å². The van der Waals surface area contributed by atoms with Gasteiger partial charge in [0.2, 0.25) is 0 Å². The normalized spacial score (nSPS) is 12.2. The third-order valence-corrected chi connectivity index (χ3v) is 3.25. The number of aromatic carboxylic acids is 1. The summed E-state index contributed by atoms with van der Waals surface area (Å²) in [6.07, 6.45) is 0. The minimum Gasteiger partial charge on any atom is -0.478 e. The van der Waals surface area contributed by atoms with Gasteiger partial charge in [-0.1, -0.05) is 6.07 Å². The fraction of sp³-hybridized carbons (Fsp3) is 0.267. The van der Waals surface area contributed by atoms with Gasteiger partial charge in [0.15, 0.2) is 0 Å². The van der Waals surface area contributed by atoms with Crippen LogP contribution in [0, 0.1) is 13.8 Å². The number of nitrogens with two attached hydrogens (primary N) is 1. The second kappa shape index (κ2) is 5.28. The first-order valence-electron chi connectivity index (χ1n) is 6.35. The minimum absolute atomic E-state index is 0.0289. The molecule has 0 aliphatic rings. The van der Waals surface area contributed by atoms with Crippen molar-refractivity contribution in [3.8, 4) is 0 Å². The van der Waals surface area contributed by atoms with Crippen molar-refractivity contribution in [1.29, 1.82) is 0 Å². The smallest absolute Gasteiger partial charge is 0.337 e. The molecule has 1 aromatic heterocycles. The van der Waals surface area contributed by atoms with E-state index in [2.05, 4.69) is 5.32 Å². The molecular formula is C15H18N2O3. The quantitative estimate of drug-likeness (QED) is 0.744. The zero-order valence-electron chi connectivity index (χ0n) is 11.7. The Morgan fingerprint density at radius 2 is 2.10 bits per heavy atom. The van der Waals surface area contributed by atoms with E-state index in [1.165, 1.54) is 6.07 Å². The third kappa shape index (κ3) is 2.61. The van der Waals surface area contributed by atoms with Crippen LogP contribution >= 0.6 is 0 Å². The van der Waals surface area contributed by atoms with E-state index in [0.29, 0.717) is 5.69 Å². The lowest BCUT2D eigenvalue weighted by Crippen LogP contribution is -2.11. The number of anilines is 2. The zero-order chi connectivity index (χ0) is 14.9. The highest BCUT2D eigenvalue weighted by molar-refractivity contribution is 5.97. The molecule has 2 rings (SSSR count). The molecule has 0 spiro atoms. The van der Waals surface area contributed by atoms with Crippen molar-refractivity contribution in [1.82, 2.24) is 0 Å². The first kappa shape index (κ1) is 14.0. The summed E-state index contributed by atoms with van der Waals surface area (Å²) in [6, 6.07) is 6.85. The molecule has 0 bridgehead atoms. The van der Waals surface area contributed by atoms with Gasteiger partial charge >= 0.3 is 5.97 Å². The lowest BCUT2D eigenvalue weighted by molar-refractivity contribution is 0.0698. The van der Waals surface area contributed by atoms with Crippen LogP contribution in [-0.2, 0) is 0 Å². The van der Waals surface area contributed by atoms with E-state index in [1.807, 2.05) is 26.8 Å². The predicted molar refractivity (Wildman–Crippen MR) is 78.0 cm³/mol. The molecule has 1 unspecified atom stereocenters. The first-order chi connectivity index (χ1) is 9.40. The highest BCUT2D eigenvalue weighted by atomic mass is 16.4. The van der Waals surface area contributed by atoms with Crippen LogP contribution in [-0.4, -0.2) is 11.1 Å². The van der Waals surface area contributed by atoms with Crippen molar-refractivity contribution in [3.05, 3.63) is 46.9 Å². The second-order valence-corrected chi connectivity index (χ2v) is 4.81. The summed E-state index contributed by atoms with van der Waals surface area (Å²) < 4.78 is 5.50. The number of hydrogen-bond donors (Lipinski definition) is 3. The van der Waals surface area contributed by atoms with E-state index in [-0.39, 0.29) is 17.3 Å². The van der Waals surface area contributed by atoms with Crippen molar-refractivity contribution in [2.45, 2.75) is 26.8 Å². The van der Waals surface area contributed by atoms with E-state index in [0.717, 1.165) is 17.1 Å². The number of hydrogen-bond acceptors (Lipinski definition) is 4. The Morgan fingerprint density at radius 1 is 1.40 bits per heavy atom. The van der Waals surface area contributed by atoms with E-state index in [1.54, 1.807) is 12.1 Å². The molecule has 0 fully saturated rings. The minimum atomic E-state index is -1.03. The zero-order valence-corrected chi connectivity index (χ0v) is 11.7. The summed E-state index contributed by atoms with van der Waals surface area (Å²) >= 11 is 0. The van der Waals surface area contributed by atoms with Crippen LogP contribution in [0.3, 0.4) is 0 Å². The van der Waals surface area contributed by atoms with Crippen LogP contribution < -0.4 is 11.1 Å². The van der Waals surface area contributed by atoms with Gasteiger partial charge < -0.3 is 20.6 Å². The van der Waals surface area contributed by atoms with Gasteiger partial charge in [0.05, 0.1) is 23.0 Å². The molecule has 0 aliphatic heterocycles. The van der Waals surface area contributed by atoms with Crippen LogP contribution in [0.1, 0.15) is 40.4 Å². The summed E-state index contributed by atoms with van der Waals surface area (Å²) in [5.74, 6) is 0.656. The monoisotopic (exact) mass is 274 g/mol. The number of aryl methyl sites for hydroxylation is 2. The number of para-hydroxylation sites is 1. The number of carboxylic acids is 1. The Labute approximate surface area is 117 Å². The maximum atomic E-state index is 11.1. The van der Waals surface area contributed by atoms with Crippen molar-refractivity contribution >= 4 is 17.3 Å². The van der Waals surface area contributed by atoms with Gasteiger partial charge in [0.1, 0.15) is 11.5 Å². The molecule has 0 saturated heterocycles. The topological polar surface area (TPSA) is 88.5 Å². The third-order valence-electron chi connectivity index (χ3n) is 3.25. The van der Waals surface area contributed by atoms with Gasteiger partial charge in [-0.05, 0) is 39.0 Å². The molecule has 1 heterocycles. The van der Waals surface area contributed by atoms with Crippen LogP contribution in [0.5, 0.6) is 0 Å². The summed E-state index contributed by atoms with van der Waals surface area (Å²) in [5.41, 5.74) is 7.86. The van der Waals surface area contributed by atoms with E-state index >= 15 is 0 Å². The Bertz CT molecular complexity index is 647. The predicted octanol–water partition coefficient (Wildman–Crippen LogP) is 3.35. The van der Waals surface area contributed by atoms with E-state index in [9.17, 15) is 4.79 Å². The Kier molecular flexibility index (Phi) is 3.70. The molecule has 0 amide bonds. The van der Waals surface area contributed by atoms with E-state index in [4.69, 9.17) is 15.3 Å². The number of nitrogen functional groups attached to an aromatic ring is 1. The molecule has 1 aromatic carbocycles. The molecule has 5 nitrogen and oxygen atoms in total. The number of benzene rings is 1. The average molecular weight is 274 g/mol. The fourth-order valence-corrected chi connectivity index (χ4v) is 2.27. The molecule has 2 aromatic rings. The largest absolute Gasteiger partial charge is 0.478 e. The average Bonchev–Trinajstić information content (AvgIpc) is 2.70. The van der Waals surface area contributed by atoms with Crippen LogP contribution in [0.25, 0.3) is 0 Å². The maximum Gasteiger partial charge on any atom is 0.337 e. The molecule has 106 valence electrons. The highest BCUT2D eigenvalue weighted by Gasteiger charge is 2.16. The molecule has 1 atom stereocenters. The van der Waals surface area contributed by atoms with Gasteiger partial charge in [-0.2, -0.15) is 0 Å². The summed E-state index contributed by atoms with van der Waals surface area (Å²) in [5, 5.41) is 12.3. The van der Waals surface area contributed by atoms with Gasteiger partial charge in [0.25, 0.3) is 0 Å². The van der Waals surface area contributed by atoms with Gasteiger partial charge in [-0.15, -0.1) is 0 Å². The van der Waals surface area contributed by atoms with Crippen molar-refractivity contribution in [2.24, 2.45) is 0 Å². The molecule has 0 aliphatic carbocycles. The lowest BCUT2D eigenvalue weighted by atomic mass is 10.1. The molecule has 20 heavy (non-hydrogen) atoms. The molecule has 4 N–H and O–H groups in total. The fourth-order valence-electron chi connectivity index (χ4n) is 2.27. The Hall–Kier alpha value is -2.43. The number of carboxylic acid groups (broad SMARTS) is 1. The van der Waals surface area contributed by atoms with Crippen molar-refractivity contribution in [2.75, 3.05) is 11.1 Å². The summed E-state index contributed by atoms with van der Waals surface area (Å²) in [7, 11) is 0. The Balaban J connectivity index is 2.28. The summed E-state index contributed by atoms with van der Waals surface area (Å²) in [4.78, 5) is 11.1. The highest BCUT2D eigenvalue weighted by Crippen LogP contribution is 2.29. The van der Waals surface area contributed by atoms with Crippen LogP contribution in [0.15, 0.2) is 28.7 Å². The summed E-state index contributed by atoms with van der Waals surface area (Å²) in [6.45, 7) is 5.77. The maximum absolute atomic E-state index is 11.1. The number of rotatable bonds is 4. The van der Waals surface area contributed by atoms with Crippen molar-refractivity contribution in [3.63, 3.8) is 0 Å². The number of carbonyl (C=O) groups is 1. The molecule has 5 heteroatoms. The number of furan rings is 1. The standard InChI is InChI=1S/C15H18N2O3/c1-8-7-12(10(3)20-8)9(2)17-13-6-4-5-11(14(13)16)15(18)19/h4-7,9,17H,16H2,1-3H3,(H,18,19). The molecule has 0 radical (unpaired) electrons. The van der Waals surface area contributed by atoms with Crippen LogP contribution in [0.4, 0.5) is 11.4 Å². The first-order valence-corrected chi connectivity index (χ1v) is 6.35. The second-order valence-electron chi connectivity index (χ2n) is 4.81. The molecular weight excluding hydrogens is 256 g/mol. The molecule has 0 saturated carbocycles. The lowest BCUT2D eigenvalue weighted by Gasteiger charge is -2.17. The Morgan fingerprint density at radius 3 is 2.65 bits per heavy atom. The van der Waals surface area contributed by atoms with Gasteiger partial charge in [0, 0.05) is 5.56 Å². The van der Waals surface area contributed by atoms with Crippen LogP contribution in [0.2, 0.25) is 0 Å².